The van der Waals surface area contributed by atoms with E-state index in [0.29, 0.717) is 5.75 Å². The van der Waals surface area contributed by atoms with E-state index in [-0.39, 0.29) is 12.5 Å². The van der Waals surface area contributed by atoms with E-state index in [1.807, 2.05) is 0 Å². The Hall–Kier alpha value is 0.100. The van der Waals surface area contributed by atoms with Crippen molar-refractivity contribution in [2.24, 2.45) is 5.73 Å². The van der Waals surface area contributed by atoms with Crippen molar-refractivity contribution in [2.75, 3.05) is 5.75 Å². The third-order valence-electron chi connectivity index (χ3n) is 1.39. The highest BCUT2D eigenvalue weighted by Gasteiger charge is 2.43. The fraction of sp³-hybridized carbons (Fsp3) is 1.00. The van der Waals surface area contributed by atoms with Crippen LogP contribution in [0.25, 0.3) is 0 Å². The molecule has 1 heterocycles. The minimum atomic E-state index is -4.06. The number of hydrogen-bond donors (Lipinski definition) is 1. The molecule has 1 aliphatic rings. The van der Waals surface area contributed by atoms with Crippen LogP contribution in [-0.4, -0.2) is 23.2 Å². The van der Waals surface area contributed by atoms with Crippen molar-refractivity contribution in [1.82, 2.24) is 0 Å². The lowest BCUT2D eigenvalue weighted by Gasteiger charge is -2.12. The van der Waals surface area contributed by atoms with Crippen LogP contribution < -0.4 is 5.73 Å². The fourth-order valence-electron chi connectivity index (χ4n) is 0.879. The quantitative estimate of drug-likeness (QED) is 0.596. The Balaban J connectivity index is 2.45. The Morgan fingerprint density at radius 3 is 2.20 bits per heavy atom. The number of rotatable bonds is 0. The van der Waals surface area contributed by atoms with E-state index in [9.17, 15) is 13.2 Å². The van der Waals surface area contributed by atoms with E-state index in [1.165, 1.54) is 0 Å². The van der Waals surface area contributed by atoms with Crippen LogP contribution in [0.5, 0.6) is 0 Å². The summed E-state index contributed by atoms with van der Waals surface area (Å²) in [6.07, 6.45) is -3.98. The molecule has 1 fully saturated rings. The van der Waals surface area contributed by atoms with E-state index in [1.54, 1.807) is 0 Å². The fourth-order valence-corrected chi connectivity index (χ4v) is 2.07. The first-order valence-electron chi connectivity index (χ1n) is 2.94. The minimum Gasteiger partial charge on any atom is -0.327 e. The van der Waals surface area contributed by atoms with Crippen LogP contribution >= 0.6 is 11.8 Å². The summed E-state index contributed by atoms with van der Waals surface area (Å²) in [6.45, 7) is 0. The van der Waals surface area contributed by atoms with Gasteiger partial charge in [0.1, 0.15) is 5.25 Å². The van der Waals surface area contributed by atoms with Gasteiger partial charge in [-0.2, -0.15) is 13.2 Å². The average molecular weight is 171 g/mol. The first kappa shape index (κ1) is 8.20. The van der Waals surface area contributed by atoms with Crippen molar-refractivity contribution in [3.8, 4) is 0 Å². The second kappa shape index (κ2) is 2.62. The molecule has 0 aromatic heterocycles. The van der Waals surface area contributed by atoms with Gasteiger partial charge in [-0.25, -0.2) is 0 Å². The molecule has 1 aliphatic heterocycles. The Morgan fingerprint density at radius 1 is 1.40 bits per heavy atom. The van der Waals surface area contributed by atoms with Crippen LogP contribution in [0.3, 0.4) is 0 Å². The zero-order chi connectivity index (χ0) is 7.78. The van der Waals surface area contributed by atoms with E-state index in [0.717, 1.165) is 11.8 Å². The van der Waals surface area contributed by atoms with Gasteiger partial charge in [0.05, 0.1) is 0 Å². The van der Waals surface area contributed by atoms with Crippen molar-refractivity contribution in [1.29, 1.82) is 0 Å². The molecule has 0 saturated carbocycles. The lowest BCUT2D eigenvalue weighted by atomic mass is 10.2. The lowest BCUT2D eigenvalue weighted by molar-refractivity contribution is -0.129. The molecule has 0 bridgehead atoms. The van der Waals surface area contributed by atoms with Crippen LogP contribution in [-0.2, 0) is 0 Å². The van der Waals surface area contributed by atoms with Crippen molar-refractivity contribution >= 4 is 11.8 Å². The second-order valence-electron chi connectivity index (χ2n) is 2.36. The number of alkyl halides is 3. The molecule has 2 N–H and O–H groups in total. The highest BCUT2D eigenvalue weighted by atomic mass is 32.2. The highest BCUT2D eigenvalue weighted by Crippen LogP contribution is 2.38. The van der Waals surface area contributed by atoms with E-state index < -0.39 is 11.4 Å². The number of nitrogens with two attached hydrogens (primary N) is 1. The molecule has 10 heavy (non-hydrogen) atoms. The van der Waals surface area contributed by atoms with Gasteiger partial charge in [-0.05, 0) is 6.42 Å². The van der Waals surface area contributed by atoms with Crippen LogP contribution in [0, 0.1) is 0 Å². The van der Waals surface area contributed by atoms with Crippen molar-refractivity contribution in [3.63, 3.8) is 0 Å². The van der Waals surface area contributed by atoms with E-state index in [2.05, 4.69) is 0 Å². The van der Waals surface area contributed by atoms with Gasteiger partial charge in [0.25, 0.3) is 0 Å². The minimum absolute atomic E-state index is 0.0775. The van der Waals surface area contributed by atoms with Crippen LogP contribution in [0.15, 0.2) is 0 Å². The molecular weight excluding hydrogens is 163 g/mol. The average Bonchev–Trinajstić information content (AvgIpc) is 2.11. The molecule has 2 atom stereocenters. The Kier molecular flexibility index (Phi) is 2.15. The van der Waals surface area contributed by atoms with E-state index >= 15 is 0 Å². The second-order valence-corrected chi connectivity index (χ2v) is 3.60. The molecule has 0 aliphatic carbocycles. The first-order chi connectivity index (χ1) is 4.50. The predicted molar refractivity (Wildman–Crippen MR) is 34.9 cm³/mol. The summed E-state index contributed by atoms with van der Waals surface area (Å²) >= 11 is 0.907. The van der Waals surface area contributed by atoms with Gasteiger partial charge < -0.3 is 5.73 Å². The Bertz CT molecular complexity index is 125. The molecule has 5 heteroatoms. The highest BCUT2D eigenvalue weighted by molar-refractivity contribution is 8.00. The molecule has 1 nitrogen and oxygen atoms in total. The Labute approximate surface area is 61.2 Å². The van der Waals surface area contributed by atoms with Crippen LogP contribution in [0.2, 0.25) is 0 Å². The van der Waals surface area contributed by atoms with E-state index in [4.69, 9.17) is 5.73 Å². The summed E-state index contributed by atoms with van der Waals surface area (Å²) in [5.41, 5.74) is 5.30. The third-order valence-corrected chi connectivity index (χ3v) is 2.88. The standard InChI is InChI=1S/C5H8F3NS/c6-5(7,8)4-1-3(9)2-10-4/h3-4H,1-2,9H2/t3-,4-/m0/s1. The summed E-state index contributed by atoms with van der Waals surface area (Å²) in [4.78, 5) is 0. The van der Waals surface area contributed by atoms with Crippen LogP contribution in [0.4, 0.5) is 13.2 Å². The zero-order valence-electron chi connectivity index (χ0n) is 5.19. The molecule has 1 rings (SSSR count). The zero-order valence-corrected chi connectivity index (χ0v) is 6.00. The SMILES string of the molecule is N[C@@H]1CS[C@H](C(F)(F)F)C1. The number of thioether (sulfide) groups is 1. The summed E-state index contributed by atoms with van der Waals surface area (Å²) < 4.78 is 35.6. The van der Waals surface area contributed by atoms with Gasteiger partial charge in [0, 0.05) is 11.8 Å². The van der Waals surface area contributed by atoms with Gasteiger partial charge in [-0.3, -0.25) is 0 Å². The van der Waals surface area contributed by atoms with Gasteiger partial charge >= 0.3 is 6.18 Å². The maximum atomic E-state index is 11.9. The molecule has 0 aromatic carbocycles. The number of halogens is 3. The molecule has 0 amide bonds. The normalized spacial score (nSPS) is 34.8. The molecular formula is C5H8F3NS. The molecule has 0 aromatic rings. The molecule has 0 spiro atoms. The van der Waals surface area contributed by atoms with Crippen molar-refractivity contribution < 1.29 is 13.2 Å². The van der Waals surface area contributed by atoms with Gasteiger partial charge in [-0.1, -0.05) is 0 Å². The maximum absolute atomic E-state index is 11.9. The summed E-state index contributed by atoms with van der Waals surface area (Å²) in [5.74, 6) is 0.435. The maximum Gasteiger partial charge on any atom is 0.400 e. The molecule has 0 unspecified atom stereocenters. The lowest BCUT2D eigenvalue weighted by Crippen LogP contribution is -2.27. The van der Waals surface area contributed by atoms with Gasteiger partial charge in [0.2, 0.25) is 0 Å². The summed E-state index contributed by atoms with van der Waals surface area (Å²) in [7, 11) is 0. The monoisotopic (exact) mass is 171 g/mol. The Morgan fingerprint density at radius 2 is 2.00 bits per heavy atom. The third kappa shape index (κ3) is 1.79. The van der Waals surface area contributed by atoms with Gasteiger partial charge in [0.15, 0.2) is 0 Å². The molecule has 0 radical (unpaired) electrons. The smallest absolute Gasteiger partial charge is 0.327 e. The molecule has 1 saturated heterocycles. The van der Waals surface area contributed by atoms with Gasteiger partial charge in [-0.15, -0.1) is 11.8 Å². The summed E-state index contributed by atoms with van der Waals surface area (Å²) in [6, 6.07) is -0.267. The van der Waals surface area contributed by atoms with Crippen LogP contribution in [0.1, 0.15) is 6.42 Å². The van der Waals surface area contributed by atoms with Crippen molar-refractivity contribution in [3.05, 3.63) is 0 Å². The first-order valence-corrected chi connectivity index (χ1v) is 3.99. The van der Waals surface area contributed by atoms with Crippen molar-refractivity contribution in [2.45, 2.75) is 23.9 Å². The summed E-state index contributed by atoms with van der Waals surface area (Å²) in [5, 5.41) is -1.22. The largest absolute Gasteiger partial charge is 0.400 e. The topological polar surface area (TPSA) is 26.0 Å². The number of hydrogen-bond acceptors (Lipinski definition) is 2. The predicted octanol–water partition coefficient (Wildman–Crippen LogP) is 1.38. The molecule has 60 valence electrons.